The first-order valence-corrected chi connectivity index (χ1v) is 10.1. The Morgan fingerprint density at radius 3 is 2.65 bits per heavy atom. The zero-order chi connectivity index (χ0) is 21.6. The van der Waals surface area contributed by atoms with Gasteiger partial charge in [-0.25, -0.2) is 4.98 Å². The van der Waals surface area contributed by atoms with Crippen LogP contribution in [-0.2, 0) is 6.61 Å². The lowest BCUT2D eigenvalue weighted by molar-refractivity contribution is 0.0740. The van der Waals surface area contributed by atoms with E-state index in [4.69, 9.17) is 9.47 Å². The minimum Gasteiger partial charge on any atom is -0.497 e. The molecule has 1 fully saturated rings. The van der Waals surface area contributed by atoms with E-state index in [2.05, 4.69) is 14.9 Å². The molecule has 1 saturated heterocycles. The Kier molecular flexibility index (Phi) is 6.16. The Morgan fingerprint density at radius 2 is 1.94 bits per heavy atom. The van der Waals surface area contributed by atoms with Crippen LogP contribution in [0.15, 0.2) is 65.7 Å². The van der Waals surface area contributed by atoms with Crippen LogP contribution in [0.1, 0.15) is 16.1 Å². The number of anilines is 1. The largest absolute Gasteiger partial charge is 0.497 e. The molecule has 1 aromatic carbocycles. The predicted molar refractivity (Wildman–Crippen MR) is 117 cm³/mol. The molecule has 8 heteroatoms. The second kappa shape index (κ2) is 9.34. The Labute approximate surface area is 180 Å². The molecule has 0 spiro atoms. The van der Waals surface area contributed by atoms with Crippen molar-refractivity contribution >= 4 is 11.7 Å². The number of aromatic amines is 1. The van der Waals surface area contributed by atoms with Gasteiger partial charge in [0, 0.05) is 44.6 Å². The van der Waals surface area contributed by atoms with E-state index in [0.29, 0.717) is 26.2 Å². The van der Waals surface area contributed by atoms with E-state index in [1.165, 1.54) is 12.3 Å². The number of hydrogen-bond donors (Lipinski definition) is 1. The van der Waals surface area contributed by atoms with Crippen molar-refractivity contribution in [1.82, 2.24) is 14.9 Å². The Hall–Kier alpha value is -3.81. The molecule has 0 unspecified atom stereocenters. The third-order valence-electron chi connectivity index (χ3n) is 5.18. The number of H-pyrrole nitrogens is 1. The lowest BCUT2D eigenvalue weighted by atomic mass is 10.2. The van der Waals surface area contributed by atoms with Crippen molar-refractivity contribution in [3.63, 3.8) is 0 Å². The maximum absolute atomic E-state index is 12.8. The molecule has 0 aliphatic carbocycles. The first-order valence-electron chi connectivity index (χ1n) is 10.1. The van der Waals surface area contributed by atoms with Gasteiger partial charge in [0.05, 0.1) is 7.11 Å². The SMILES string of the molecule is COc1cccc(COc2c[nH]c(C(=O)N3CCN(c4ccccn4)CC3)cc2=O)c1. The maximum atomic E-state index is 12.8. The van der Waals surface area contributed by atoms with Crippen LogP contribution in [-0.4, -0.2) is 54.1 Å². The van der Waals surface area contributed by atoms with Crippen molar-refractivity contribution in [2.45, 2.75) is 6.61 Å². The molecule has 3 heterocycles. The van der Waals surface area contributed by atoms with Crippen molar-refractivity contribution in [2.75, 3.05) is 38.2 Å². The van der Waals surface area contributed by atoms with Crippen LogP contribution >= 0.6 is 0 Å². The van der Waals surface area contributed by atoms with Crippen LogP contribution in [0, 0.1) is 0 Å². The van der Waals surface area contributed by atoms with E-state index < -0.39 is 0 Å². The molecule has 1 amide bonds. The summed E-state index contributed by atoms with van der Waals surface area (Å²) in [5, 5.41) is 0. The zero-order valence-corrected chi connectivity index (χ0v) is 17.3. The van der Waals surface area contributed by atoms with Crippen molar-refractivity contribution in [3.8, 4) is 11.5 Å². The van der Waals surface area contributed by atoms with E-state index in [9.17, 15) is 9.59 Å². The van der Waals surface area contributed by atoms with Gasteiger partial charge in [0.2, 0.25) is 5.43 Å². The number of ether oxygens (including phenoxy) is 2. The molecule has 1 N–H and O–H groups in total. The number of hydrogen-bond acceptors (Lipinski definition) is 6. The molecule has 3 aromatic rings. The molecular formula is C23H24N4O4. The first kappa shape index (κ1) is 20.5. The monoisotopic (exact) mass is 420 g/mol. The van der Waals surface area contributed by atoms with Gasteiger partial charge in [-0.2, -0.15) is 0 Å². The molecular weight excluding hydrogens is 396 g/mol. The van der Waals surface area contributed by atoms with Gasteiger partial charge in [0.1, 0.15) is 23.9 Å². The molecule has 31 heavy (non-hydrogen) atoms. The molecule has 0 radical (unpaired) electrons. The summed E-state index contributed by atoms with van der Waals surface area (Å²) in [6.45, 7) is 2.73. The number of pyridine rings is 2. The van der Waals surface area contributed by atoms with Gasteiger partial charge in [0.15, 0.2) is 5.75 Å². The Bertz CT molecular complexity index is 1090. The van der Waals surface area contributed by atoms with Gasteiger partial charge in [-0.05, 0) is 29.8 Å². The van der Waals surface area contributed by atoms with E-state index in [1.54, 1.807) is 18.2 Å². The average molecular weight is 420 g/mol. The summed E-state index contributed by atoms with van der Waals surface area (Å²) in [6, 6.07) is 14.5. The number of aromatic nitrogens is 2. The standard InChI is InChI=1S/C23H24N4O4/c1-30-18-6-4-5-17(13-18)16-31-21-15-25-19(14-20(21)28)23(29)27-11-9-26(10-12-27)22-7-2-3-8-24-22/h2-8,13-15H,9-12,16H2,1H3,(H,25,28). The van der Waals surface area contributed by atoms with Gasteiger partial charge in [-0.15, -0.1) is 0 Å². The van der Waals surface area contributed by atoms with Crippen LogP contribution in [0.5, 0.6) is 11.5 Å². The molecule has 0 bridgehead atoms. The molecule has 0 atom stereocenters. The highest BCUT2D eigenvalue weighted by Crippen LogP contribution is 2.16. The fraction of sp³-hybridized carbons (Fsp3) is 0.261. The molecule has 1 aliphatic heterocycles. The summed E-state index contributed by atoms with van der Waals surface area (Å²) in [4.78, 5) is 36.4. The topological polar surface area (TPSA) is 87.8 Å². The van der Waals surface area contributed by atoms with Crippen LogP contribution in [0.2, 0.25) is 0 Å². The first-order chi connectivity index (χ1) is 15.1. The van der Waals surface area contributed by atoms with Gasteiger partial charge >= 0.3 is 0 Å². The summed E-state index contributed by atoms with van der Waals surface area (Å²) in [6.07, 6.45) is 3.20. The lowest BCUT2D eigenvalue weighted by Gasteiger charge is -2.35. The summed E-state index contributed by atoms with van der Waals surface area (Å²) in [7, 11) is 1.60. The van der Waals surface area contributed by atoms with Crippen molar-refractivity contribution in [2.24, 2.45) is 0 Å². The van der Waals surface area contributed by atoms with E-state index in [0.717, 1.165) is 17.1 Å². The average Bonchev–Trinajstić information content (AvgIpc) is 2.83. The minimum atomic E-state index is -0.336. The van der Waals surface area contributed by atoms with Crippen LogP contribution < -0.4 is 19.8 Å². The number of nitrogens with one attached hydrogen (secondary N) is 1. The van der Waals surface area contributed by atoms with Crippen LogP contribution in [0.25, 0.3) is 0 Å². The highest BCUT2D eigenvalue weighted by molar-refractivity contribution is 5.92. The number of carbonyl (C=O) groups excluding carboxylic acids is 1. The van der Waals surface area contributed by atoms with Gasteiger partial charge < -0.3 is 24.3 Å². The van der Waals surface area contributed by atoms with Gasteiger partial charge in [0.25, 0.3) is 5.91 Å². The second-order valence-electron chi connectivity index (χ2n) is 7.18. The lowest BCUT2D eigenvalue weighted by Crippen LogP contribution is -2.49. The number of rotatable bonds is 6. The quantitative estimate of drug-likeness (QED) is 0.659. The fourth-order valence-electron chi connectivity index (χ4n) is 3.47. The number of carbonyl (C=O) groups is 1. The predicted octanol–water partition coefficient (Wildman–Crippen LogP) is 2.32. The molecule has 8 nitrogen and oxygen atoms in total. The summed E-state index contributed by atoms with van der Waals surface area (Å²) >= 11 is 0. The normalized spacial score (nSPS) is 13.7. The molecule has 2 aromatic heterocycles. The highest BCUT2D eigenvalue weighted by Gasteiger charge is 2.23. The molecule has 4 rings (SSSR count). The molecule has 1 aliphatic rings. The van der Waals surface area contributed by atoms with Gasteiger partial charge in [-0.1, -0.05) is 18.2 Å². The second-order valence-corrected chi connectivity index (χ2v) is 7.18. The zero-order valence-electron chi connectivity index (χ0n) is 17.3. The Balaban J connectivity index is 1.36. The van der Waals surface area contributed by atoms with E-state index >= 15 is 0 Å². The van der Waals surface area contributed by atoms with Crippen LogP contribution in [0.3, 0.4) is 0 Å². The highest BCUT2D eigenvalue weighted by atomic mass is 16.5. The molecule has 0 saturated carbocycles. The number of nitrogens with zero attached hydrogens (tertiary/aromatic N) is 3. The maximum Gasteiger partial charge on any atom is 0.270 e. The fourth-order valence-corrected chi connectivity index (χ4v) is 3.47. The summed E-state index contributed by atoms with van der Waals surface area (Å²) in [5.41, 5.74) is 0.798. The smallest absolute Gasteiger partial charge is 0.270 e. The van der Waals surface area contributed by atoms with Gasteiger partial charge in [-0.3, -0.25) is 9.59 Å². The minimum absolute atomic E-state index is 0.166. The van der Waals surface area contributed by atoms with Crippen LogP contribution in [0.4, 0.5) is 5.82 Å². The third-order valence-corrected chi connectivity index (χ3v) is 5.18. The van der Waals surface area contributed by atoms with Crippen molar-refractivity contribution in [1.29, 1.82) is 0 Å². The number of piperazine rings is 1. The molecule has 160 valence electrons. The Morgan fingerprint density at radius 1 is 1.10 bits per heavy atom. The number of amides is 1. The van der Waals surface area contributed by atoms with E-state index in [1.807, 2.05) is 42.5 Å². The summed E-state index contributed by atoms with van der Waals surface area (Å²) < 4.78 is 10.8. The third kappa shape index (κ3) is 4.85. The number of benzene rings is 1. The van der Waals surface area contributed by atoms with Crippen molar-refractivity contribution in [3.05, 3.63) is 82.4 Å². The summed E-state index contributed by atoms with van der Waals surface area (Å²) in [5.74, 6) is 1.59. The van der Waals surface area contributed by atoms with E-state index in [-0.39, 0.29) is 29.4 Å². The number of methoxy groups -OCH3 is 1. The van der Waals surface area contributed by atoms with Crippen molar-refractivity contribution < 1.29 is 14.3 Å².